The molecule has 0 radical (unpaired) electrons. The number of likely N-dealkylation sites (tertiary alicyclic amines) is 1. The number of benzene rings is 1. The molecule has 1 amide bonds. The highest BCUT2D eigenvalue weighted by Crippen LogP contribution is 2.34. The second-order valence-electron chi connectivity index (χ2n) is 5.83. The molecule has 23 heavy (non-hydrogen) atoms. The van der Waals surface area contributed by atoms with E-state index in [1.54, 1.807) is 6.07 Å². The molecule has 0 aliphatic carbocycles. The fraction of sp³-hybridized carbons (Fsp3) is 0.588. The Hall–Kier alpha value is -1.79. The summed E-state index contributed by atoms with van der Waals surface area (Å²) in [5.41, 5.74) is 6.06. The number of rotatable bonds is 5. The first-order valence-electron chi connectivity index (χ1n) is 8.29. The van der Waals surface area contributed by atoms with E-state index in [4.69, 9.17) is 19.9 Å². The molecule has 2 aliphatic rings. The number of nitrogens with two attached hydrogens (primary N) is 1. The summed E-state index contributed by atoms with van der Waals surface area (Å²) in [7, 11) is 0. The average Bonchev–Trinajstić information content (AvgIpc) is 2.61. The lowest BCUT2D eigenvalue weighted by Crippen LogP contribution is -2.41. The Balaban J connectivity index is 1.60. The Morgan fingerprint density at radius 1 is 1.26 bits per heavy atom. The van der Waals surface area contributed by atoms with Gasteiger partial charge in [-0.2, -0.15) is 0 Å². The number of ether oxygens (including phenoxy) is 3. The second kappa shape index (κ2) is 7.66. The zero-order valence-corrected chi connectivity index (χ0v) is 13.3. The van der Waals surface area contributed by atoms with Crippen LogP contribution in [0.2, 0.25) is 0 Å². The maximum Gasteiger partial charge on any atom is 0.257 e. The van der Waals surface area contributed by atoms with E-state index in [9.17, 15) is 4.79 Å². The summed E-state index contributed by atoms with van der Waals surface area (Å²) in [6.07, 6.45) is 2.84. The van der Waals surface area contributed by atoms with E-state index in [1.807, 2.05) is 17.0 Å². The van der Waals surface area contributed by atoms with Crippen LogP contribution in [-0.4, -0.2) is 56.4 Å². The third-order valence-corrected chi connectivity index (χ3v) is 4.23. The molecule has 2 N–H and O–H groups in total. The van der Waals surface area contributed by atoms with Crippen LogP contribution in [0.15, 0.2) is 18.2 Å². The van der Waals surface area contributed by atoms with Gasteiger partial charge in [-0.05, 0) is 37.9 Å². The molecule has 0 spiro atoms. The zero-order valence-electron chi connectivity index (χ0n) is 13.3. The van der Waals surface area contributed by atoms with Crippen LogP contribution in [0.3, 0.4) is 0 Å². The molecule has 0 bridgehead atoms. The van der Waals surface area contributed by atoms with Crippen LogP contribution in [0.25, 0.3) is 0 Å². The van der Waals surface area contributed by atoms with Gasteiger partial charge < -0.3 is 24.8 Å². The number of nitrogens with zero attached hydrogens (tertiary/aromatic N) is 1. The summed E-state index contributed by atoms with van der Waals surface area (Å²) >= 11 is 0. The van der Waals surface area contributed by atoms with Crippen LogP contribution < -0.4 is 15.2 Å². The molecular formula is C17H24N2O4. The topological polar surface area (TPSA) is 74.0 Å². The van der Waals surface area contributed by atoms with Gasteiger partial charge in [-0.3, -0.25) is 4.79 Å². The van der Waals surface area contributed by atoms with Gasteiger partial charge in [0.1, 0.15) is 13.2 Å². The van der Waals surface area contributed by atoms with E-state index in [2.05, 4.69) is 0 Å². The summed E-state index contributed by atoms with van der Waals surface area (Å²) in [5.74, 6) is 1.24. The monoisotopic (exact) mass is 320 g/mol. The van der Waals surface area contributed by atoms with Crippen LogP contribution in [0.1, 0.15) is 29.6 Å². The van der Waals surface area contributed by atoms with Crippen molar-refractivity contribution in [2.45, 2.75) is 25.4 Å². The molecule has 1 saturated heterocycles. The maximum atomic E-state index is 12.8. The minimum atomic E-state index is 0.00718. The Kier molecular flexibility index (Phi) is 5.35. The van der Waals surface area contributed by atoms with Crippen LogP contribution in [0.5, 0.6) is 11.5 Å². The molecule has 2 aliphatic heterocycles. The molecular weight excluding hydrogens is 296 g/mol. The van der Waals surface area contributed by atoms with Crippen molar-refractivity contribution in [1.29, 1.82) is 0 Å². The first-order chi connectivity index (χ1) is 11.3. The van der Waals surface area contributed by atoms with Crippen molar-refractivity contribution in [3.8, 4) is 11.5 Å². The third-order valence-electron chi connectivity index (χ3n) is 4.23. The number of hydrogen-bond acceptors (Lipinski definition) is 5. The summed E-state index contributed by atoms with van der Waals surface area (Å²) in [5, 5.41) is 0. The number of para-hydroxylation sites is 1. The van der Waals surface area contributed by atoms with Crippen molar-refractivity contribution in [1.82, 2.24) is 4.90 Å². The van der Waals surface area contributed by atoms with E-state index in [0.29, 0.717) is 56.5 Å². The van der Waals surface area contributed by atoms with Gasteiger partial charge in [0.05, 0.1) is 11.7 Å². The van der Waals surface area contributed by atoms with Crippen molar-refractivity contribution >= 4 is 5.91 Å². The number of carbonyl (C=O) groups is 1. The van der Waals surface area contributed by atoms with Crippen molar-refractivity contribution in [3.05, 3.63) is 23.8 Å². The van der Waals surface area contributed by atoms with Crippen LogP contribution in [-0.2, 0) is 4.74 Å². The van der Waals surface area contributed by atoms with Crippen molar-refractivity contribution in [2.75, 3.05) is 39.5 Å². The maximum absolute atomic E-state index is 12.8. The van der Waals surface area contributed by atoms with Gasteiger partial charge in [-0.25, -0.2) is 0 Å². The van der Waals surface area contributed by atoms with E-state index >= 15 is 0 Å². The van der Waals surface area contributed by atoms with Crippen LogP contribution >= 0.6 is 0 Å². The largest absolute Gasteiger partial charge is 0.486 e. The molecule has 6 heteroatoms. The number of fused-ring (bicyclic) bond motifs is 1. The average molecular weight is 320 g/mol. The predicted octanol–water partition coefficient (Wildman–Crippen LogP) is 1.43. The Labute approximate surface area is 136 Å². The lowest BCUT2D eigenvalue weighted by molar-refractivity contribution is 0.00829. The lowest BCUT2D eigenvalue weighted by atomic mass is 10.1. The van der Waals surface area contributed by atoms with Crippen LogP contribution in [0.4, 0.5) is 0 Å². The SMILES string of the molecule is NCCCOC1CCN(C(=O)c2cccc3c2OCCO3)CC1. The highest BCUT2D eigenvalue weighted by molar-refractivity contribution is 5.98. The first kappa shape index (κ1) is 16.1. The molecule has 0 aromatic heterocycles. The molecule has 0 atom stereocenters. The van der Waals surface area contributed by atoms with Crippen LogP contribution in [0, 0.1) is 0 Å². The minimum Gasteiger partial charge on any atom is -0.486 e. The summed E-state index contributed by atoms with van der Waals surface area (Å²) in [4.78, 5) is 14.6. The van der Waals surface area contributed by atoms with E-state index < -0.39 is 0 Å². The molecule has 0 saturated carbocycles. The van der Waals surface area contributed by atoms with Crippen molar-refractivity contribution in [2.24, 2.45) is 5.73 Å². The van der Waals surface area contributed by atoms with Gasteiger partial charge in [0.15, 0.2) is 11.5 Å². The first-order valence-corrected chi connectivity index (χ1v) is 8.29. The smallest absolute Gasteiger partial charge is 0.257 e. The molecule has 1 aromatic carbocycles. The number of hydrogen-bond donors (Lipinski definition) is 1. The standard InChI is InChI=1S/C17H24N2O4/c18-7-2-10-21-13-5-8-19(9-6-13)17(20)14-3-1-4-15-16(14)23-12-11-22-15/h1,3-4,13H,2,5-12,18H2. The Morgan fingerprint density at radius 3 is 2.83 bits per heavy atom. The molecule has 6 nitrogen and oxygen atoms in total. The summed E-state index contributed by atoms with van der Waals surface area (Å²) in [6.45, 7) is 3.77. The van der Waals surface area contributed by atoms with Gasteiger partial charge in [0.2, 0.25) is 0 Å². The summed E-state index contributed by atoms with van der Waals surface area (Å²) < 4.78 is 17.0. The third kappa shape index (κ3) is 3.76. The predicted molar refractivity (Wildman–Crippen MR) is 86.0 cm³/mol. The normalized spacial score (nSPS) is 18.0. The molecule has 3 rings (SSSR count). The van der Waals surface area contributed by atoms with Crippen molar-refractivity contribution in [3.63, 3.8) is 0 Å². The molecule has 126 valence electrons. The molecule has 2 heterocycles. The van der Waals surface area contributed by atoms with E-state index in [0.717, 1.165) is 19.3 Å². The minimum absolute atomic E-state index is 0.00718. The van der Waals surface area contributed by atoms with Gasteiger partial charge in [0.25, 0.3) is 5.91 Å². The second-order valence-corrected chi connectivity index (χ2v) is 5.83. The van der Waals surface area contributed by atoms with Gasteiger partial charge in [-0.15, -0.1) is 0 Å². The highest BCUT2D eigenvalue weighted by Gasteiger charge is 2.27. The van der Waals surface area contributed by atoms with Gasteiger partial charge in [0, 0.05) is 19.7 Å². The number of amides is 1. The summed E-state index contributed by atoms with van der Waals surface area (Å²) in [6, 6.07) is 5.48. The fourth-order valence-electron chi connectivity index (χ4n) is 2.97. The van der Waals surface area contributed by atoms with Gasteiger partial charge >= 0.3 is 0 Å². The zero-order chi connectivity index (χ0) is 16.1. The Bertz CT molecular complexity index is 541. The molecule has 1 fully saturated rings. The number of carbonyl (C=O) groups excluding carboxylic acids is 1. The molecule has 1 aromatic rings. The molecule has 0 unspecified atom stereocenters. The quantitative estimate of drug-likeness (QED) is 0.831. The lowest BCUT2D eigenvalue weighted by Gasteiger charge is -2.32. The number of piperidine rings is 1. The highest BCUT2D eigenvalue weighted by atomic mass is 16.6. The van der Waals surface area contributed by atoms with E-state index in [-0.39, 0.29) is 12.0 Å². The van der Waals surface area contributed by atoms with Gasteiger partial charge in [-0.1, -0.05) is 6.07 Å². The van der Waals surface area contributed by atoms with Crippen molar-refractivity contribution < 1.29 is 19.0 Å². The fourth-order valence-corrected chi connectivity index (χ4v) is 2.97. The Morgan fingerprint density at radius 2 is 2.04 bits per heavy atom. The van der Waals surface area contributed by atoms with E-state index in [1.165, 1.54) is 0 Å².